The van der Waals surface area contributed by atoms with Gasteiger partial charge in [-0.05, 0) is 0 Å². The Kier molecular flexibility index (Phi) is 4.01. The summed E-state index contributed by atoms with van der Waals surface area (Å²) in [6, 6.07) is 0. The van der Waals surface area contributed by atoms with Crippen LogP contribution in [0.4, 0.5) is 0 Å². The SMILES string of the molecule is Cn1ncc(C(=O)O)c1C(=O)N1CCN(S(C)(=O)=O)CC1. The Morgan fingerprint density at radius 1 is 1.24 bits per heavy atom. The smallest absolute Gasteiger partial charge is 0.339 e. The van der Waals surface area contributed by atoms with Crippen molar-refractivity contribution in [1.29, 1.82) is 0 Å². The number of aromatic nitrogens is 2. The Hall–Kier alpha value is -1.94. The van der Waals surface area contributed by atoms with Crippen LogP contribution in [0.2, 0.25) is 0 Å². The quantitative estimate of drug-likeness (QED) is 0.752. The second-order valence-corrected chi connectivity index (χ2v) is 6.77. The first-order chi connectivity index (χ1) is 9.71. The van der Waals surface area contributed by atoms with E-state index in [-0.39, 0.29) is 37.4 Å². The van der Waals surface area contributed by atoms with Gasteiger partial charge in [-0.2, -0.15) is 9.40 Å². The lowest BCUT2D eigenvalue weighted by Crippen LogP contribution is -2.50. The summed E-state index contributed by atoms with van der Waals surface area (Å²) in [4.78, 5) is 24.9. The maximum atomic E-state index is 12.4. The second-order valence-electron chi connectivity index (χ2n) is 4.79. The summed E-state index contributed by atoms with van der Waals surface area (Å²) in [6.45, 7) is 0.835. The highest BCUT2D eigenvalue weighted by Gasteiger charge is 2.30. The summed E-state index contributed by atoms with van der Waals surface area (Å²) in [5.74, 6) is -1.68. The van der Waals surface area contributed by atoms with Crippen LogP contribution in [0.5, 0.6) is 0 Å². The largest absolute Gasteiger partial charge is 0.478 e. The third-order valence-electron chi connectivity index (χ3n) is 3.37. The van der Waals surface area contributed by atoms with Gasteiger partial charge in [0.15, 0.2) is 0 Å². The highest BCUT2D eigenvalue weighted by Crippen LogP contribution is 2.14. The van der Waals surface area contributed by atoms with E-state index in [1.54, 1.807) is 0 Å². The van der Waals surface area contributed by atoms with Gasteiger partial charge in [-0.3, -0.25) is 9.48 Å². The Labute approximate surface area is 121 Å². The van der Waals surface area contributed by atoms with Gasteiger partial charge in [0.2, 0.25) is 10.0 Å². The minimum absolute atomic E-state index is 0.00435. The molecule has 1 aliphatic rings. The number of aromatic carboxylic acids is 1. The molecule has 0 bridgehead atoms. The van der Waals surface area contributed by atoms with Crippen molar-refractivity contribution in [3.8, 4) is 0 Å². The molecule has 1 amide bonds. The third kappa shape index (κ3) is 3.05. The normalized spacial score (nSPS) is 17.0. The van der Waals surface area contributed by atoms with Crippen LogP contribution in [0.25, 0.3) is 0 Å². The molecule has 9 nitrogen and oxygen atoms in total. The standard InChI is InChI=1S/C11H16N4O5S/c1-13-9(8(7-12-13)11(17)18)10(16)14-3-5-15(6-4-14)21(2,19)20/h7H,3-6H2,1-2H3,(H,17,18). The molecule has 0 radical (unpaired) electrons. The average molecular weight is 316 g/mol. The van der Waals surface area contributed by atoms with Gasteiger partial charge in [0, 0.05) is 33.2 Å². The van der Waals surface area contributed by atoms with Crippen LogP contribution in [0.1, 0.15) is 20.8 Å². The van der Waals surface area contributed by atoms with Crippen molar-refractivity contribution >= 4 is 21.9 Å². The Balaban J connectivity index is 2.16. The van der Waals surface area contributed by atoms with E-state index >= 15 is 0 Å². The van der Waals surface area contributed by atoms with Crippen LogP contribution in [0.15, 0.2) is 6.20 Å². The molecule has 0 aromatic carbocycles. The molecule has 2 heterocycles. The van der Waals surface area contributed by atoms with Crippen LogP contribution in [0, 0.1) is 0 Å². The van der Waals surface area contributed by atoms with Gasteiger partial charge < -0.3 is 10.0 Å². The van der Waals surface area contributed by atoms with Crippen LogP contribution < -0.4 is 0 Å². The van der Waals surface area contributed by atoms with Crippen LogP contribution in [-0.4, -0.2) is 76.8 Å². The van der Waals surface area contributed by atoms with Gasteiger partial charge in [0.1, 0.15) is 11.3 Å². The lowest BCUT2D eigenvalue weighted by atomic mass is 10.2. The number of sulfonamides is 1. The van der Waals surface area contributed by atoms with Gasteiger partial charge in [0.25, 0.3) is 5.91 Å². The van der Waals surface area contributed by atoms with E-state index in [9.17, 15) is 18.0 Å². The fourth-order valence-corrected chi connectivity index (χ4v) is 3.05. The van der Waals surface area contributed by atoms with Gasteiger partial charge in [-0.25, -0.2) is 13.2 Å². The number of carboxylic acids is 1. The van der Waals surface area contributed by atoms with Crippen molar-refractivity contribution in [2.24, 2.45) is 7.05 Å². The number of amides is 1. The highest BCUT2D eigenvalue weighted by molar-refractivity contribution is 7.88. The number of carbonyl (C=O) groups excluding carboxylic acids is 1. The first-order valence-electron chi connectivity index (χ1n) is 6.21. The summed E-state index contributed by atoms with van der Waals surface area (Å²) in [7, 11) is -1.78. The molecule has 10 heteroatoms. The van der Waals surface area contributed by atoms with Crippen LogP contribution >= 0.6 is 0 Å². The average Bonchev–Trinajstić information content (AvgIpc) is 2.79. The van der Waals surface area contributed by atoms with Gasteiger partial charge in [0.05, 0.1) is 12.5 Å². The number of rotatable bonds is 3. The van der Waals surface area contributed by atoms with Crippen LogP contribution in [-0.2, 0) is 17.1 Å². The zero-order valence-corrected chi connectivity index (χ0v) is 12.5. The minimum Gasteiger partial charge on any atom is -0.478 e. The first-order valence-corrected chi connectivity index (χ1v) is 8.06. The monoisotopic (exact) mass is 316 g/mol. The summed E-state index contributed by atoms with van der Waals surface area (Å²) in [5, 5.41) is 12.9. The molecule has 1 saturated heterocycles. The molecular formula is C11H16N4O5S. The van der Waals surface area contributed by atoms with Gasteiger partial charge in [-0.1, -0.05) is 0 Å². The van der Waals surface area contributed by atoms with Crippen molar-refractivity contribution in [3.05, 3.63) is 17.5 Å². The van der Waals surface area contributed by atoms with Crippen LogP contribution in [0.3, 0.4) is 0 Å². The molecule has 0 aliphatic carbocycles. The van der Waals surface area contributed by atoms with Crippen molar-refractivity contribution in [2.45, 2.75) is 0 Å². The zero-order valence-electron chi connectivity index (χ0n) is 11.7. The second kappa shape index (κ2) is 5.45. The molecule has 116 valence electrons. The van der Waals surface area contributed by atoms with Crippen molar-refractivity contribution in [1.82, 2.24) is 19.0 Å². The summed E-state index contributed by atoms with van der Waals surface area (Å²) in [5.41, 5.74) is -0.164. The fraction of sp³-hybridized carbons (Fsp3) is 0.545. The first kappa shape index (κ1) is 15.4. The number of hydrogen-bond donors (Lipinski definition) is 1. The molecule has 2 rings (SSSR count). The highest BCUT2D eigenvalue weighted by atomic mass is 32.2. The molecule has 1 aromatic heterocycles. The Bertz CT molecular complexity index is 673. The number of aryl methyl sites for hydroxylation is 1. The predicted octanol–water partition coefficient (Wildman–Crippen LogP) is -1.16. The molecule has 0 atom stereocenters. The summed E-state index contributed by atoms with van der Waals surface area (Å²) >= 11 is 0. The number of hydrogen-bond acceptors (Lipinski definition) is 5. The summed E-state index contributed by atoms with van der Waals surface area (Å²) in [6.07, 6.45) is 2.25. The predicted molar refractivity (Wildman–Crippen MR) is 72.5 cm³/mol. The number of carboxylic acid groups (broad SMARTS) is 1. The Morgan fingerprint density at radius 2 is 1.81 bits per heavy atom. The van der Waals surface area contributed by atoms with Crippen molar-refractivity contribution < 1.29 is 23.1 Å². The molecule has 21 heavy (non-hydrogen) atoms. The number of nitrogens with zero attached hydrogens (tertiary/aromatic N) is 4. The fourth-order valence-electron chi connectivity index (χ4n) is 2.22. The molecule has 1 aliphatic heterocycles. The molecular weight excluding hydrogens is 300 g/mol. The molecule has 0 unspecified atom stereocenters. The molecule has 0 saturated carbocycles. The van der Waals surface area contributed by atoms with E-state index in [4.69, 9.17) is 5.11 Å². The number of piperazine rings is 1. The number of carbonyl (C=O) groups is 2. The summed E-state index contributed by atoms with van der Waals surface area (Å²) < 4.78 is 25.3. The molecule has 1 fully saturated rings. The third-order valence-corrected chi connectivity index (χ3v) is 4.67. The topological polar surface area (TPSA) is 113 Å². The zero-order chi connectivity index (χ0) is 15.8. The molecule has 1 N–H and O–H groups in total. The lowest BCUT2D eigenvalue weighted by molar-refractivity contribution is 0.0649. The van der Waals surface area contributed by atoms with E-state index in [0.29, 0.717) is 0 Å². The van der Waals surface area contributed by atoms with E-state index in [2.05, 4.69) is 5.10 Å². The van der Waals surface area contributed by atoms with E-state index < -0.39 is 21.9 Å². The maximum Gasteiger partial charge on any atom is 0.339 e. The Morgan fingerprint density at radius 3 is 2.29 bits per heavy atom. The van der Waals surface area contributed by atoms with Crippen molar-refractivity contribution in [2.75, 3.05) is 32.4 Å². The molecule has 0 spiro atoms. The van der Waals surface area contributed by atoms with E-state index in [0.717, 1.165) is 12.5 Å². The van der Waals surface area contributed by atoms with Crippen molar-refractivity contribution in [3.63, 3.8) is 0 Å². The van der Waals surface area contributed by atoms with E-state index in [1.165, 1.54) is 20.9 Å². The van der Waals surface area contributed by atoms with Gasteiger partial charge in [-0.15, -0.1) is 0 Å². The van der Waals surface area contributed by atoms with Gasteiger partial charge >= 0.3 is 5.97 Å². The van der Waals surface area contributed by atoms with E-state index in [1.807, 2.05) is 0 Å². The molecule has 1 aromatic rings. The minimum atomic E-state index is -3.27. The maximum absolute atomic E-state index is 12.4. The lowest BCUT2D eigenvalue weighted by Gasteiger charge is -2.33.